The average Bonchev–Trinajstić information content (AvgIpc) is 3.27. The molecule has 2 aliphatic heterocycles. The Bertz CT molecular complexity index is 1060. The SMILES string of the molecule is CC[C@]1(C(=O)OC)N[C@H](c2ccccc2F)[C@H]2C(=O)N(c3cccc(OC)c3)C(=O)[C@H]21. The number of methoxy groups -OCH3 is 2. The second-order valence-electron chi connectivity index (χ2n) is 7.68. The van der Waals surface area contributed by atoms with Crippen molar-refractivity contribution < 1.29 is 28.2 Å². The largest absolute Gasteiger partial charge is 0.497 e. The zero-order valence-electron chi connectivity index (χ0n) is 17.4. The van der Waals surface area contributed by atoms with Crippen LogP contribution in [0.25, 0.3) is 0 Å². The van der Waals surface area contributed by atoms with Crippen LogP contribution in [-0.4, -0.2) is 37.5 Å². The maximum atomic E-state index is 14.7. The zero-order valence-corrected chi connectivity index (χ0v) is 17.4. The molecule has 2 heterocycles. The van der Waals surface area contributed by atoms with E-state index in [1.54, 1.807) is 49.4 Å². The van der Waals surface area contributed by atoms with Crippen LogP contribution in [0.5, 0.6) is 5.75 Å². The molecule has 31 heavy (non-hydrogen) atoms. The summed E-state index contributed by atoms with van der Waals surface area (Å²) in [6.07, 6.45) is 0.191. The lowest BCUT2D eigenvalue weighted by molar-refractivity contribution is -0.152. The van der Waals surface area contributed by atoms with Crippen molar-refractivity contribution in [3.05, 3.63) is 59.9 Å². The fourth-order valence-corrected chi connectivity index (χ4v) is 4.84. The minimum Gasteiger partial charge on any atom is -0.497 e. The van der Waals surface area contributed by atoms with Crippen LogP contribution < -0.4 is 15.0 Å². The van der Waals surface area contributed by atoms with Crippen molar-refractivity contribution in [1.82, 2.24) is 5.32 Å². The Labute approximate surface area is 179 Å². The number of rotatable bonds is 5. The van der Waals surface area contributed by atoms with Crippen molar-refractivity contribution in [3.63, 3.8) is 0 Å². The summed E-state index contributed by atoms with van der Waals surface area (Å²) in [6, 6.07) is 11.7. The fraction of sp³-hybridized carbons (Fsp3) is 0.348. The number of esters is 1. The van der Waals surface area contributed by atoms with E-state index in [0.717, 1.165) is 4.90 Å². The molecule has 1 N–H and O–H groups in total. The maximum Gasteiger partial charge on any atom is 0.326 e. The molecule has 4 atom stereocenters. The summed E-state index contributed by atoms with van der Waals surface area (Å²) in [5, 5.41) is 3.11. The second kappa shape index (κ2) is 7.77. The van der Waals surface area contributed by atoms with Crippen LogP contribution in [0.15, 0.2) is 48.5 Å². The molecule has 4 rings (SSSR count). The Hall–Kier alpha value is -3.26. The van der Waals surface area contributed by atoms with Gasteiger partial charge in [0.05, 0.1) is 31.7 Å². The number of fused-ring (bicyclic) bond motifs is 1. The minimum absolute atomic E-state index is 0.191. The number of ether oxygens (including phenoxy) is 2. The van der Waals surface area contributed by atoms with Crippen molar-refractivity contribution in [3.8, 4) is 5.75 Å². The molecule has 0 aromatic heterocycles. The highest BCUT2D eigenvalue weighted by Gasteiger charge is 2.68. The third-order valence-electron chi connectivity index (χ3n) is 6.31. The van der Waals surface area contributed by atoms with Crippen LogP contribution in [-0.2, 0) is 19.1 Å². The van der Waals surface area contributed by atoms with Gasteiger partial charge in [-0.2, -0.15) is 0 Å². The Morgan fingerprint density at radius 3 is 2.52 bits per heavy atom. The lowest BCUT2D eigenvalue weighted by Gasteiger charge is -2.31. The molecule has 2 saturated heterocycles. The highest BCUT2D eigenvalue weighted by atomic mass is 19.1. The number of hydrogen-bond acceptors (Lipinski definition) is 6. The van der Waals surface area contributed by atoms with E-state index in [-0.39, 0.29) is 12.0 Å². The molecule has 0 aliphatic carbocycles. The molecule has 7 nitrogen and oxygen atoms in total. The van der Waals surface area contributed by atoms with Crippen LogP contribution >= 0.6 is 0 Å². The summed E-state index contributed by atoms with van der Waals surface area (Å²) in [5.41, 5.74) is -0.886. The minimum atomic E-state index is -1.45. The van der Waals surface area contributed by atoms with E-state index in [1.807, 2.05) is 0 Å². The van der Waals surface area contributed by atoms with E-state index in [1.165, 1.54) is 20.3 Å². The third kappa shape index (κ3) is 3.01. The predicted octanol–water partition coefficient (Wildman–Crippen LogP) is 2.61. The Morgan fingerprint density at radius 2 is 1.87 bits per heavy atom. The van der Waals surface area contributed by atoms with E-state index >= 15 is 0 Å². The number of nitrogens with one attached hydrogen (secondary N) is 1. The van der Waals surface area contributed by atoms with E-state index in [9.17, 15) is 18.8 Å². The van der Waals surface area contributed by atoms with Gasteiger partial charge in [-0.25, -0.2) is 9.29 Å². The van der Waals surface area contributed by atoms with Gasteiger partial charge in [0.2, 0.25) is 11.8 Å². The first kappa shape index (κ1) is 21.0. The maximum absolute atomic E-state index is 14.7. The molecule has 2 amide bonds. The number of amides is 2. The lowest BCUT2D eigenvalue weighted by atomic mass is 9.78. The van der Waals surface area contributed by atoms with E-state index in [0.29, 0.717) is 11.4 Å². The summed E-state index contributed by atoms with van der Waals surface area (Å²) in [7, 11) is 2.72. The molecular weight excluding hydrogens is 403 g/mol. The average molecular weight is 426 g/mol. The van der Waals surface area contributed by atoms with Gasteiger partial charge in [-0.3, -0.25) is 19.7 Å². The Kier molecular flexibility index (Phi) is 5.26. The van der Waals surface area contributed by atoms with Gasteiger partial charge in [-0.15, -0.1) is 0 Å². The first-order valence-corrected chi connectivity index (χ1v) is 10.0. The standard InChI is InChI=1S/C23H23FN2O5/c1-4-23(22(29)31-3)18-17(19(25-23)15-10-5-6-11-16(15)24)20(27)26(21(18)28)13-8-7-9-14(12-13)30-2/h5-12,17-19,25H,4H2,1-3H3/t17-,18-,19+,23-/m0/s1. The van der Waals surface area contributed by atoms with Gasteiger partial charge in [-0.1, -0.05) is 31.2 Å². The van der Waals surface area contributed by atoms with Crippen LogP contribution in [0, 0.1) is 17.7 Å². The first-order chi connectivity index (χ1) is 14.9. The summed E-state index contributed by atoms with van der Waals surface area (Å²) in [6.45, 7) is 1.73. The molecule has 8 heteroatoms. The highest BCUT2D eigenvalue weighted by molar-refractivity contribution is 6.24. The van der Waals surface area contributed by atoms with E-state index < -0.39 is 47.0 Å². The number of nitrogens with zero attached hydrogens (tertiary/aromatic N) is 1. The summed E-state index contributed by atoms with van der Waals surface area (Å²) >= 11 is 0. The predicted molar refractivity (Wildman–Crippen MR) is 110 cm³/mol. The Morgan fingerprint density at radius 1 is 1.13 bits per heavy atom. The van der Waals surface area contributed by atoms with Crippen LogP contribution in [0.1, 0.15) is 24.9 Å². The highest BCUT2D eigenvalue weighted by Crippen LogP contribution is 2.51. The molecule has 2 aromatic carbocycles. The molecular formula is C23H23FN2O5. The lowest BCUT2D eigenvalue weighted by Crippen LogP contribution is -2.56. The summed E-state index contributed by atoms with van der Waals surface area (Å²) in [5.74, 6) is -3.71. The quantitative estimate of drug-likeness (QED) is 0.585. The molecule has 0 saturated carbocycles. The van der Waals surface area contributed by atoms with Gasteiger partial charge in [0.1, 0.15) is 17.1 Å². The topological polar surface area (TPSA) is 84.9 Å². The van der Waals surface area contributed by atoms with Crippen molar-refractivity contribution in [2.24, 2.45) is 11.8 Å². The van der Waals surface area contributed by atoms with Gasteiger partial charge in [-0.05, 0) is 24.6 Å². The van der Waals surface area contributed by atoms with Crippen LogP contribution in [0.2, 0.25) is 0 Å². The number of carbonyl (C=O) groups is 3. The number of hydrogen-bond donors (Lipinski definition) is 1. The van der Waals surface area contributed by atoms with Gasteiger partial charge < -0.3 is 9.47 Å². The van der Waals surface area contributed by atoms with Crippen molar-refractivity contribution in [1.29, 1.82) is 0 Å². The molecule has 0 radical (unpaired) electrons. The smallest absolute Gasteiger partial charge is 0.326 e. The van der Waals surface area contributed by atoms with Crippen molar-refractivity contribution in [2.75, 3.05) is 19.1 Å². The monoisotopic (exact) mass is 426 g/mol. The number of benzene rings is 2. The zero-order chi connectivity index (χ0) is 22.3. The normalized spacial score (nSPS) is 27.4. The third-order valence-corrected chi connectivity index (χ3v) is 6.31. The number of imide groups is 1. The van der Waals surface area contributed by atoms with Crippen LogP contribution in [0.3, 0.4) is 0 Å². The first-order valence-electron chi connectivity index (χ1n) is 10.0. The van der Waals surface area contributed by atoms with E-state index in [4.69, 9.17) is 9.47 Å². The number of anilines is 1. The number of carbonyl (C=O) groups excluding carboxylic acids is 3. The molecule has 0 unspecified atom stereocenters. The van der Waals surface area contributed by atoms with Gasteiger partial charge in [0, 0.05) is 17.7 Å². The van der Waals surface area contributed by atoms with E-state index in [2.05, 4.69) is 5.32 Å². The molecule has 0 spiro atoms. The summed E-state index contributed by atoms with van der Waals surface area (Å²) < 4.78 is 24.9. The molecule has 0 bridgehead atoms. The van der Waals surface area contributed by atoms with Gasteiger partial charge >= 0.3 is 5.97 Å². The molecule has 2 fully saturated rings. The van der Waals surface area contributed by atoms with Gasteiger partial charge in [0.15, 0.2) is 0 Å². The van der Waals surface area contributed by atoms with Crippen LogP contribution in [0.4, 0.5) is 10.1 Å². The molecule has 2 aromatic rings. The fourth-order valence-electron chi connectivity index (χ4n) is 4.84. The van der Waals surface area contributed by atoms with Crippen molar-refractivity contribution in [2.45, 2.75) is 24.9 Å². The van der Waals surface area contributed by atoms with Crippen molar-refractivity contribution >= 4 is 23.5 Å². The summed E-state index contributed by atoms with van der Waals surface area (Å²) in [4.78, 5) is 41.1. The molecule has 162 valence electrons. The Balaban J connectivity index is 1.87. The second-order valence-corrected chi connectivity index (χ2v) is 7.68. The number of halogens is 1. The van der Waals surface area contributed by atoms with Gasteiger partial charge in [0.25, 0.3) is 0 Å². The molecule has 2 aliphatic rings.